The van der Waals surface area contributed by atoms with Crippen LogP contribution in [-0.4, -0.2) is 188 Å². The predicted octanol–water partition coefficient (Wildman–Crippen LogP) is 2.55. The van der Waals surface area contributed by atoms with Crippen molar-refractivity contribution in [2.75, 3.05) is 132 Å². The molecule has 6 rings (SSSR count). The highest BCUT2D eigenvalue weighted by molar-refractivity contribution is 5.95. The van der Waals surface area contributed by atoms with Gasteiger partial charge in [0.25, 0.3) is 5.56 Å². The highest BCUT2D eigenvalue weighted by atomic mass is 19.1. The predicted molar refractivity (Wildman–Crippen MR) is 300 cm³/mol. The second kappa shape index (κ2) is 34.5. The quantitative estimate of drug-likeness (QED) is 0.0122. The van der Waals surface area contributed by atoms with E-state index in [-0.39, 0.29) is 76.3 Å². The number of ether oxygens (including phenoxy) is 10. The monoisotopic (exact) mass is 1180 g/mol. The van der Waals surface area contributed by atoms with Crippen molar-refractivity contribution >= 4 is 40.6 Å². The molecule has 28 heteroatoms. The summed E-state index contributed by atoms with van der Waals surface area (Å²) in [4.78, 5) is 87.9. The lowest BCUT2D eigenvalue weighted by atomic mass is 9.81. The number of aliphatic hydroxyl groups is 1. The number of carbonyl (C=O) groups excluding carboxylic acids is 5. The number of aryl methyl sites for hydroxylation is 1. The smallest absolute Gasteiger partial charge is 0.343 e. The number of rotatable bonds is 41. The Labute approximate surface area is 486 Å². The van der Waals surface area contributed by atoms with Gasteiger partial charge in [-0.15, -0.1) is 0 Å². The van der Waals surface area contributed by atoms with Crippen molar-refractivity contribution in [3.8, 4) is 11.4 Å². The fraction of sp³-hybridized carbons (Fsp3) is 0.661. The van der Waals surface area contributed by atoms with E-state index in [9.17, 15) is 33.9 Å². The van der Waals surface area contributed by atoms with Gasteiger partial charge in [-0.3, -0.25) is 19.2 Å². The summed E-state index contributed by atoms with van der Waals surface area (Å²) in [6.45, 7) is 13.5. The minimum absolute atomic E-state index is 0.0233. The first-order valence-electron chi connectivity index (χ1n) is 28.6. The molecule has 0 spiro atoms. The summed E-state index contributed by atoms with van der Waals surface area (Å²) in [5.74, 6) is -3.39. The van der Waals surface area contributed by atoms with E-state index in [0.717, 1.165) is 0 Å². The van der Waals surface area contributed by atoms with Crippen LogP contribution in [0.1, 0.15) is 92.3 Å². The molecule has 464 valence electrons. The van der Waals surface area contributed by atoms with Crippen LogP contribution in [0, 0.1) is 18.7 Å². The number of nitrogens with zero attached hydrogens (tertiary/aromatic N) is 5. The number of azide groups is 1. The summed E-state index contributed by atoms with van der Waals surface area (Å²) in [6.07, 6.45) is 0.867. The zero-order valence-corrected chi connectivity index (χ0v) is 48.4. The van der Waals surface area contributed by atoms with Crippen LogP contribution >= 0.6 is 0 Å². The number of benzene rings is 1. The van der Waals surface area contributed by atoms with E-state index in [0.29, 0.717) is 163 Å². The molecule has 0 bridgehead atoms. The van der Waals surface area contributed by atoms with Crippen LogP contribution in [0.2, 0.25) is 0 Å². The molecule has 2 aliphatic heterocycles. The van der Waals surface area contributed by atoms with E-state index in [2.05, 4.69) is 31.3 Å². The Morgan fingerprint density at radius 2 is 1.39 bits per heavy atom. The van der Waals surface area contributed by atoms with Crippen LogP contribution in [0.25, 0.3) is 32.7 Å². The number of nitrogens with one attached hydrogen (secondary N) is 4. The van der Waals surface area contributed by atoms with Crippen molar-refractivity contribution in [3.05, 3.63) is 72.1 Å². The second-order valence-corrected chi connectivity index (χ2v) is 20.4. The lowest BCUT2D eigenvalue weighted by Crippen LogP contribution is -2.56. The minimum atomic E-state index is -2.07. The molecule has 0 saturated heterocycles. The van der Waals surface area contributed by atoms with Crippen LogP contribution < -0.4 is 32.6 Å². The Kier molecular flexibility index (Phi) is 27.4. The molecule has 1 aliphatic carbocycles. The Balaban J connectivity index is 0.898. The van der Waals surface area contributed by atoms with Gasteiger partial charge in [0.2, 0.25) is 17.7 Å². The van der Waals surface area contributed by atoms with Crippen LogP contribution in [0.15, 0.2) is 22.0 Å². The number of carbonyl (C=O) groups is 5. The number of cyclic esters (lactones) is 1. The van der Waals surface area contributed by atoms with Crippen LogP contribution in [0.5, 0.6) is 0 Å². The normalized spacial score (nSPS) is 16.5. The molecule has 3 aliphatic rings. The second-order valence-electron chi connectivity index (χ2n) is 20.4. The van der Waals surface area contributed by atoms with E-state index in [1.807, 2.05) is 0 Å². The molecule has 5 amide bonds. The molecule has 27 nitrogen and oxygen atoms in total. The number of esters is 1. The third kappa shape index (κ3) is 18.8. The van der Waals surface area contributed by atoms with E-state index >= 15 is 4.39 Å². The Morgan fingerprint density at radius 3 is 1.93 bits per heavy atom. The van der Waals surface area contributed by atoms with Crippen molar-refractivity contribution in [2.24, 2.45) is 16.8 Å². The fourth-order valence-corrected chi connectivity index (χ4v) is 9.98. The highest BCUT2D eigenvalue weighted by Crippen LogP contribution is 2.46. The van der Waals surface area contributed by atoms with Crippen molar-refractivity contribution in [1.29, 1.82) is 0 Å². The number of primary amides is 1. The molecular formula is C56H81FN10O17. The van der Waals surface area contributed by atoms with Gasteiger partial charge in [-0.25, -0.2) is 19.0 Å². The summed E-state index contributed by atoms with van der Waals surface area (Å²) in [5, 5.41) is 26.7. The van der Waals surface area contributed by atoms with E-state index in [4.69, 9.17) is 63.6 Å². The van der Waals surface area contributed by atoms with Gasteiger partial charge in [0, 0.05) is 47.0 Å². The van der Waals surface area contributed by atoms with E-state index in [1.165, 1.54) is 10.6 Å². The lowest BCUT2D eigenvalue weighted by molar-refractivity contribution is -0.172. The maximum atomic E-state index is 15.6. The molecule has 2 aromatic heterocycles. The molecular weight excluding hydrogens is 1100 g/mol. The Hall–Kier alpha value is -6.43. The Morgan fingerprint density at radius 1 is 0.833 bits per heavy atom. The standard InChI is InChI=1S/C56H81FN10O17/c1-5-56(74)40-31-45-50-38(33-67(45)53(71)39(40)34-84-54(56)72)48-42(9-8-37-36(4)41(57)32-44(62-50)47(37)48)63-51(69)43(7-6-11-60-55(58)73)64-52(70)49(35(2)3)65-46(68)10-13-75-15-17-77-19-21-79-23-25-81-27-29-83-30-28-82-26-24-80-22-20-78-18-16-76-14-12-61-66-59/h31-32,35,42-43,49,74H,5-30,33-34H2,1-4H3,(H,63,69)(H,64,70)(H,65,68)(H3,58,60,73)/t42-,43?,49?,56-/m0/s1. The maximum absolute atomic E-state index is 15.6. The summed E-state index contributed by atoms with van der Waals surface area (Å²) in [7, 11) is 0. The minimum Gasteiger partial charge on any atom is -0.458 e. The number of aromatic nitrogens is 2. The number of halogens is 1. The first-order valence-corrected chi connectivity index (χ1v) is 28.6. The van der Waals surface area contributed by atoms with Crippen LogP contribution in [0.3, 0.4) is 0 Å². The van der Waals surface area contributed by atoms with Crippen LogP contribution in [0.4, 0.5) is 9.18 Å². The largest absolute Gasteiger partial charge is 0.458 e. The average molecular weight is 1190 g/mol. The van der Waals surface area contributed by atoms with Gasteiger partial charge < -0.3 is 84.0 Å². The van der Waals surface area contributed by atoms with Gasteiger partial charge in [0.15, 0.2) is 5.60 Å². The van der Waals surface area contributed by atoms with Gasteiger partial charge >= 0.3 is 12.0 Å². The van der Waals surface area contributed by atoms with Crippen LogP contribution in [-0.2, 0) is 91.7 Å². The van der Waals surface area contributed by atoms with Gasteiger partial charge in [-0.2, -0.15) is 0 Å². The number of urea groups is 1. The summed E-state index contributed by atoms with van der Waals surface area (Å²) in [6, 6.07) is -0.794. The lowest BCUT2D eigenvalue weighted by Gasteiger charge is -2.32. The number of hydrogen-bond acceptors (Lipinski definition) is 19. The van der Waals surface area contributed by atoms with Gasteiger partial charge in [-0.05, 0) is 73.2 Å². The van der Waals surface area contributed by atoms with Crippen molar-refractivity contribution in [3.63, 3.8) is 0 Å². The third-order valence-electron chi connectivity index (χ3n) is 14.4. The van der Waals surface area contributed by atoms with Gasteiger partial charge in [0.1, 0.15) is 24.5 Å². The van der Waals surface area contributed by atoms with Crippen molar-refractivity contribution < 1.29 is 80.8 Å². The van der Waals surface area contributed by atoms with Crippen molar-refractivity contribution in [1.82, 2.24) is 30.8 Å². The van der Waals surface area contributed by atoms with Gasteiger partial charge in [-0.1, -0.05) is 25.9 Å². The molecule has 3 aromatic rings. The molecule has 0 fully saturated rings. The molecule has 2 unspecified atom stereocenters. The number of fused-ring (bicyclic) bond motifs is 5. The van der Waals surface area contributed by atoms with E-state index < -0.39 is 70.7 Å². The molecule has 4 heterocycles. The molecule has 0 saturated carbocycles. The first kappa shape index (κ1) is 66.7. The molecule has 0 radical (unpaired) electrons. The Bertz CT molecular complexity index is 2820. The first-order chi connectivity index (χ1) is 40.6. The SMILES string of the molecule is CC[C@@]1(O)C(=O)OCc2c1cc1n(c2=O)Cc2c-1nc1cc(F)c(C)c3c1c2[C@@H](NC(=O)C(CCCNC(N)=O)NC(=O)C(NC(=O)CCOCCOCCOCCOCCOCCOCCOCCOCCOCCN=[N+]=[N-])C(C)C)CC3. The van der Waals surface area contributed by atoms with Crippen molar-refractivity contribution in [2.45, 2.75) is 103 Å². The summed E-state index contributed by atoms with van der Waals surface area (Å²) < 4.78 is 71.6. The zero-order valence-electron chi connectivity index (χ0n) is 48.4. The summed E-state index contributed by atoms with van der Waals surface area (Å²) in [5.41, 5.74) is 14.5. The zero-order chi connectivity index (χ0) is 60.4. The molecule has 1 aromatic carbocycles. The number of amides is 5. The molecule has 84 heavy (non-hydrogen) atoms. The van der Waals surface area contributed by atoms with E-state index in [1.54, 1.807) is 33.8 Å². The van der Waals surface area contributed by atoms with Gasteiger partial charge in [0.05, 0.1) is 154 Å². The maximum Gasteiger partial charge on any atom is 0.343 e. The number of pyridine rings is 2. The topological polar surface area (TPSA) is 356 Å². The number of nitrogens with two attached hydrogens (primary N) is 1. The number of hydrogen-bond donors (Lipinski definition) is 6. The third-order valence-corrected chi connectivity index (χ3v) is 14.4. The molecule has 7 N–H and O–H groups in total. The molecule has 4 atom stereocenters. The summed E-state index contributed by atoms with van der Waals surface area (Å²) >= 11 is 0. The fourth-order valence-electron chi connectivity index (χ4n) is 9.98. The highest BCUT2D eigenvalue weighted by Gasteiger charge is 2.46. The average Bonchev–Trinajstić information content (AvgIpc) is 3.09.